The van der Waals surface area contributed by atoms with Gasteiger partial charge in [0.1, 0.15) is 12.2 Å². The van der Waals surface area contributed by atoms with Gasteiger partial charge in [-0.1, -0.05) is 13.0 Å². The predicted octanol–water partition coefficient (Wildman–Crippen LogP) is 2.39. The Kier molecular flexibility index (Phi) is 3.92. The summed E-state index contributed by atoms with van der Waals surface area (Å²) in [6, 6.07) is 6.33. The first kappa shape index (κ1) is 15.4. The number of rotatable bonds is 4. The lowest BCUT2D eigenvalue weighted by molar-refractivity contribution is 0.0940. The molecule has 1 unspecified atom stereocenters. The molecular formula is C18H24N4O2. The molecule has 0 radical (unpaired) electrons. The van der Waals surface area contributed by atoms with Crippen molar-refractivity contribution in [2.45, 2.75) is 32.7 Å². The van der Waals surface area contributed by atoms with Gasteiger partial charge in [-0.05, 0) is 48.9 Å². The number of hydrogen-bond donors (Lipinski definition) is 0. The maximum atomic E-state index is 5.52. The lowest BCUT2D eigenvalue weighted by atomic mass is 9.77. The maximum Gasteiger partial charge on any atom is 0.231 e. The molecule has 1 fully saturated rings. The van der Waals surface area contributed by atoms with Crippen LogP contribution in [0.15, 0.2) is 24.5 Å². The molecule has 0 amide bonds. The molecule has 128 valence electrons. The summed E-state index contributed by atoms with van der Waals surface area (Å²) in [5.74, 6) is 2.77. The first-order valence-electron chi connectivity index (χ1n) is 8.55. The fraction of sp³-hybridized carbons (Fsp3) is 0.556. The molecule has 0 saturated carbocycles. The van der Waals surface area contributed by atoms with Crippen LogP contribution in [0.5, 0.6) is 11.5 Å². The Morgan fingerprint density at radius 3 is 2.96 bits per heavy atom. The summed E-state index contributed by atoms with van der Waals surface area (Å²) in [4.78, 5) is 2.50. The standard InChI is InChI=1S/C18H24N4O2/c1-18(9-14-4-5-15-16(8-14)24-13-23-15)6-3-7-22(11-18)10-17-20-19-12-21(17)2/h4-5,8,12H,3,6-7,9-11,13H2,1-2H3. The highest BCUT2D eigenvalue weighted by Gasteiger charge is 2.32. The highest BCUT2D eigenvalue weighted by molar-refractivity contribution is 5.44. The molecule has 1 aromatic carbocycles. The Morgan fingerprint density at radius 2 is 2.12 bits per heavy atom. The minimum atomic E-state index is 0.268. The van der Waals surface area contributed by atoms with Crippen LogP contribution in [0, 0.1) is 5.41 Å². The monoisotopic (exact) mass is 328 g/mol. The van der Waals surface area contributed by atoms with Gasteiger partial charge in [0.05, 0.1) is 6.54 Å². The molecule has 1 atom stereocenters. The van der Waals surface area contributed by atoms with Gasteiger partial charge >= 0.3 is 0 Å². The summed E-state index contributed by atoms with van der Waals surface area (Å²) in [6.45, 7) is 5.80. The van der Waals surface area contributed by atoms with Gasteiger partial charge in [-0.25, -0.2) is 0 Å². The zero-order valence-corrected chi connectivity index (χ0v) is 14.4. The first-order chi connectivity index (χ1) is 11.6. The number of benzene rings is 1. The minimum absolute atomic E-state index is 0.268. The van der Waals surface area contributed by atoms with Crippen molar-refractivity contribution in [2.24, 2.45) is 12.5 Å². The Hall–Kier alpha value is -2.08. The summed E-state index contributed by atoms with van der Waals surface area (Å²) in [5.41, 5.74) is 1.59. The molecule has 2 aliphatic rings. The van der Waals surface area contributed by atoms with Crippen molar-refractivity contribution >= 4 is 0 Å². The number of ether oxygens (including phenoxy) is 2. The van der Waals surface area contributed by atoms with Gasteiger partial charge in [-0.3, -0.25) is 4.90 Å². The molecule has 4 rings (SSSR count). The van der Waals surface area contributed by atoms with E-state index in [2.05, 4.69) is 34.2 Å². The van der Waals surface area contributed by atoms with E-state index < -0.39 is 0 Å². The minimum Gasteiger partial charge on any atom is -0.454 e. The highest BCUT2D eigenvalue weighted by atomic mass is 16.7. The molecule has 0 aliphatic carbocycles. The van der Waals surface area contributed by atoms with Gasteiger partial charge in [-0.15, -0.1) is 10.2 Å². The molecular weight excluding hydrogens is 304 g/mol. The molecule has 0 bridgehead atoms. The molecule has 24 heavy (non-hydrogen) atoms. The Morgan fingerprint density at radius 1 is 1.25 bits per heavy atom. The van der Waals surface area contributed by atoms with E-state index in [1.54, 1.807) is 6.33 Å². The number of aryl methyl sites for hydroxylation is 1. The third-order valence-electron chi connectivity index (χ3n) is 5.10. The van der Waals surface area contributed by atoms with Gasteiger partial charge in [0.15, 0.2) is 11.5 Å². The molecule has 1 aromatic heterocycles. The summed E-state index contributed by atoms with van der Waals surface area (Å²) < 4.78 is 12.9. The zero-order chi connectivity index (χ0) is 16.6. The molecule has 0 N–H and O–H groups in total. The summed E-state index contributed by atoms with van der Waals surface area (Å²) in [5, 5.41) is 8.21. The number of fused-ring (bicyclic) bond motifs is 1. The number of likely N-dealkylation sites (tertiary alicyclic amines) is 1. The van der Waals surface area contributed by atoms with Crippen LogP contribution in [0.25, 0.3) is 0 Å². The fourth-order valence-electron chi connectivity index (χ4n) is 3.90. The van der Waals surface area contributed by atoms with E-state index in [9.17, 15) is 0 Å². The number of aromatic nitrogens is 3. The van der Waals surface area contributed by atoms with Crippen LogP contribution in [0.2, 0.25) is 0 Å². The second-order valence-corrected chi connectivity index (χ2v) is 7.35. The average Bonchev–Trinajstić information content (AvgIpc) is 3.16. The van der Waals surface area contributed by atoms with Crippen molar-refractivity contribution in [3.05, 3.63) is 35.9 Å². The van der Waals surface area contributed by atoms with Crippen LogP contribution in [0.4, 0.5) is 0 Å². The molecule has 2 aromatic rings. The van der Waals surface area contributed by atoms with Gasteiger partial charge < -0.3 is 14.0 Å². The summed E-state index contributed by atoms with van der Waals surface area (Å²) in [6.07, 6.45) is 5.29. The molecule has 1 saturated heterocycles. The van der Waals surface area contributed by atoms with E-state index in [0.29, 0.717) is 6.79 Å². The second-order valence-electron chi connectivity index (χ2n) is 7.35. The third-order valence-corrected chi connectivity index (χ3v) is 5.10. The lowest BCUT2D eigenvalue weighted by Crippen LogP contribution is -2.42. The normalized spacial score (nSPS) is 23.6. The van der Waals surface area contributed by atoms with E-state index >= 15 is 0 Å². The number of hydrogen-bond acceptors (Lipinski definition) is 5. The third kappa shape index (κ3) is 3.11. The molecule has 2 aliphatic heterocycles. The average molecular weight is 328 g/mol. The Balaban J connectivity index is 1.45. The largest absolute Gasteiger partial charge is 0.454 e. The van der Waals surface area contributed by atoms with Crippen LogP contribution >= 0.6 is 0 Å². The Bertz CT molecular complexity index is 730. The van der Waals surface area contributed by atoms with Gasteiger partial charge in [0.25, 0.3) is 0 Å². The highest BCUT2D eigenvalue weighted by Crippen LogP contribution is 2.37. The summed E-state index contributed by atoms with van der Waals surface area (Å²) >= 11 is 0. The smallest absolute Gasteiger partial charge is 0.231 e. The van der Waals surface area contributed by atoms with Crippen LogP contribution in [-0.4, -0.2) is 39.5 Å². The second kappa shape index (κ2) is 6.09. The van der Waals surface area contributed by atoms with Crippen molar-refractivity contribution in [3.8, 4) is 11.5 Å². The number of piperidine rings is 1. The van der Waals surface area contributed by atoms with Crippen LogP contribution in [0.1, 0.15) is 31.2 Å². The SMILES string of the molecule is Cn1cnnc1CN1CCCC(C)(Cc2ccc3c(c2)OCO3)C1. The van der Waals surface area contributed by atoms with E-state index in [-0.39, 0.29) is 5.41 Å². The maximum absolute atomic E-state index is 5.52. The van der Waals surface area contributed by atoms with E-state index in [1.807, 2.05) is 17.7 Å². The van der Waals surface area contributed by atoms with Crippen LogP contribution in [0.3, 0.4) is 0 Å². The summed E-state index contributed by atoms with van der Waals surface area (Å²) in [7, 11) is 2.01. The van der Waals surface area contributed by atoms with Crippen molar-refractivity contribution < 1.29 is 9.47 Å². The van der Waals surface area contributed by atoms with Crippen molar-refractivity contribution in [2.75, 3.05) is 19.9 Å². The molecule has 6 nitrogen and oxygen atoms in total. The van der Waals surface area contributed by atoms with Crippen molar-refractivity contribution in [1.82, 2.24) is 19.7 Å². The predicted molar refractivity (Wildman–Crippen MR) is 89.9 cm³/mol. The molecule has 6 heteroatoms. The van der Waals surface area contributed by atoms with Crippen molar-refractivity contribution in [3.63, 3.8) is 0 Å². The van der Waals surface area contributed by atoms with Gasteiger partial charge in [0, 0.05) is 13.6 Å². The number of nitrogens with zero attached hydrogens (tertiary/aromatic N) is 4. The Labute approximate surface area is 142 Å². The van der Waals surface area contributed by atoms with Crippen molar-refractivity contribution in [1.29, 1.82) is 0 Å². The zero-order valence-electron chi connectivity index (χ0n) is 14.4. The van der Waals surface area contributed by atoms with Gasteiger partial charge in [0.2, 0.25) is 6.79 Å². The quantitative estimate of drug-likeness (QED) is 0.862. The van der Waals surface area contributed by atoms with E-state index in [4.69, 9.17) is 9.47 Å². The fourth-order valence-corrected chi connectivity index (χ4v) is 3.90. The molecule has 3 heterocycles. The lowest BCUT2D eigenvalue weighted by Gasteiger charge is -2.40. The van der Waals surface area contributed by atoms with E-state index in [0.717, 1.165) is 43.4 Å². The topological polar surface area (TPSA) is 52.4 Å². The molecule has 0 spiro atoms. The van der Waals surface area contributed by atoms with Gasteiger partial charge in [-0.2, -0.15) is 0 Å². The van der Waals surface area contributed by atoms with E-state index in [1.165, 1.54) is 18.4 Å². The van der Waals surface area contributed by atoms with Crippen LogP contribution < -0.4 is 9.47 Å². The first-order valence-corrected chi connectivity index (χ1v) is 8.55. The van der Waals surface area contributed by atoms with Crippen LogP contribution in [-0.2, 0) is 20.0 Å².